The summed E-state index contributed by atoms with van der Waals surface area (Å²) in [6.07, 6.45) is 1.03. The molecule has 0 saturated heterocycles. The quantitative estimate of drug-likeness (QED) is 0.687. The number of likely N-dealkylation sites (N-methyl/N-ethyl adjacent to an activating group) is 1. The van der Waals surface area contributed by atoms with Gasteiger partial charge < -0.3 is 10.6 Å². The van der Waals surface area contributed by atoms with E-state index in [2.05, 4.69) is 51.6 Å². The Labute approximate surface area is 102 Å². The van der Waals surface area contributed by atoms with E-state index >= 15 is 0 Å². The summed E-state index contributed by atoms with van der Waals surface area (Å²) >= 11 is 0. The van der Waals surface area contributed by atoms with Gasteiger partial charge in [-0.05, 0) is 33.4 Å². The zero-order valence-electron chi connectivity index (χ0n) is 12.1. The molecule has 0 aromatic heterocycles. The Morgan fingerprint density at radius 2 is 1.75 bits per heavy atom. The molecule has 98 valence electrons. The second kappa shape index (κ2) is 7.25. The van der Waals surface area contributed by atoms with Crippen molar-refractivity contribution < 1.29 is 0 Å². The van der Waals surface area contributed by atoms with Gasteiger partial charge in [0.05, 0.1) is 0 Å². The number of nitrogens with zero attached hydrogens (tertiary/aromatic N) is 2. The maximum absolute atomic E-state index is 6.24. The molecule has 1 unspecified atom stereocenters. The highest BCUT2D eigenvalue weighted by Crippen LogP contribution is 2.09. The van der Waals surface area contributed by atoms with Gasteiger partial charge in [-0.2, -0.15) is 0 Å². The van der Waals surface area contributed by atoms with Crippen LogP contribution in [0.4, 0.5) is 0 Å². The first kappa shape index (κ1) is 15.9. The molecular formula is C13H31N3. The second-order valence-corrected chi connectivity index (χ2v) is 5.94. The lowest BCUT2D eigenvalue weighted by atomic mass is 9.99. The predicted octanol–water partition coefficient (Wildman–Crippen LogP) is 1.63. The fourth-order valence-corrected chi connectivity index (χ4v) is 1.72. The Bertz CT molecular complexity index is 176. The number of rotatable bonds is 8. The Morgan fingerprint density at radius 3 is 2.12 bits per heavy atom. The third kappa shape index (κ3) is 8.08. The minimum atomic E-state index is -0.0544. The summed E-state index contributed by atoms with van der Waals surface area (Å²) in [4.78, 5) is 4.72. The first-order valence-electron chi connectivity index (χ1n) is 6.43. The van der Waals surface area contributed by atoms with Crippen molar-refractivity contribution in [1.29, 1.82) is 0 Å². The van der Waals surface area contributed by atoms with E-state index in [4.69, 9.17) is 5.73 Å². The van der Waals surface area contributed by atoms with Crippen LogP contribution in [0.2, 0.25) is 0 Å². The van der Waals surface area contributed by atoms with Crippen molar-refractivity contribution in [1.82, 2.24) is 9.80 Å². The van der Waals surface area contributed by atoms with Gasteiger partial charge >= 0.3 is 0 Å². The minimum absolute atomic E-state index is 0.0544. The molecule has 3 nitrogen and oxygen atoms in total. The summed E-state index contributed by atoms with van der Waals surface area (Å²) in [5, 5.41) is 0. The summed E-state index contributed by atoms with van der Waals surface area (Å²) in [6, 6.07) is 0. The van der Waals surface area contributed by atoms with Crippen LogP contribution in [0.3, 0.4) is 0 Å². The Morgan fingerprint density at radius 1 is 1.19 bits per heavy atom. The van der Waals surface area contributed by atoms with Crippen molar-refractivity contribution in [2.45, 2.75) is 39.7 Å². The summed E-state index contributed by atoms with van der Waals surface area (Å²) in [5.41, 5.74) is 6.19. The molecule has 1 atom stereocenters. The zero-order valence-corrected chi connectivity index (χ0v) is 12.1. The highest BCUT2D eigenvalue weighted by molar-refractivity contribution is 4.81. The summed E-state index contributed by atoms with van der Waals surface area (Å²) in [5.74, 6) is 0.704. The highest BCUT2D eigenvalue weighted by atomic mass is 15.2. The SMILES string of the molecule is CCC(C)(N)CN(CCN(C)C)CC(C)C. The molecule has 0 radical (unpaired) electrons. The van der Waals surface area contributed by atoms with Crippen molar-refractivity contribution in [2.24, 2.45) is 11.7 Å². The fraction of sp³-hybridized carbons (Fsp3) is 1.00. The van der Waals surface area contributed by atoms with Gasteiger partial charge in [0, 0.05) is 31.7 Å². The molecule has 0 saturated carbocycles. The number of hydrogen-bond donors (Lipinski definition) is 1. The Balaban J connectivity index is 4.20. The normalized spacial score (nSPS) is 16.1. The second-order valence-electron chi connectivity index (χ2n) is 5.94. The van der Waals surface area contributed by atoms with Gasteiger partial charge in [0.2, 0.25) is 0 Å². The van der Waals surface area contributed by atoms with Gasteiger partial charge in [0.1, 0.15) is 0 Å². The van der Waals surface area contributed by atoms with Crippen LogP contribution in [0.15, 0.2) is 0 Å². The molecule has 0 heterocycles. The predicted molar refractivity (Wildman–Crippen MR) is 72.7 cm³/mol. The van der Waals surface area contributed by atoms with Crippen LogP contribution in [0.5, 0.6) is 0 Å². The molecule has 0 aliphatic carbocycles. The van der Waals surface area contributed by atoms with Crippen LogP contribution in [0, 0.1) is 5.92 Å². The van der Waals surface area contributed by atoms with E-state index in [9.17, 15) is 0 Å². The maximum Gasteiger partial charge on any atom is 0.0252 e. The molecule has 0 aromatic rings. The van der Waals surface area contributed by atoms with Gasteiger partial charge in [-0.3, -0.25) is 4.90 Å². The third-order valence-corrected chi connectivity index (χ3v) is 2.88. The van der Waals surface area contributed by atoms with Gasteiger partial charge in [0.25, 0.3) is 0 Å². The van der Waals surface area contributed by atoms with E-state index in [-0.39, 0.29) is 5.54 Å². The van der Waals surface area contributed by atoms with Crippen LogP contribution in [0.1, 0.15) is 34.1 Å². The largest absolute Gasteiger partial charge is 0.324 e. The Hall–Kier alpha value is -0.120. The lowest BCUT2D eigenvalue weighted by Crippen LogP contribution is -2.49. The van der Waals surface area contributed by atoms with Crippen LogP contribution < -0.4 is 5.73 Å². The smallest absolute Gasteiger partial charge is 0.0252 e. The van der Waals surface area contributed by atoms with E-state index in [0.29, 0.717) is 5.92 Å². The highest BCUT2D eigenvalue weighted by Gasteiger charge is 2.20. The van der Waals surface area contributed by atoms with Gasteiger partial charge in [-0.1, -0.05) is 20.8 Å². The summed E-state index contributed by atoms with van der Waals surface area (Å²) in [7, 11) is 4.24. The Kier molecular flexibility index (Phi) is 7.20. The summed E-state index contributed by atoms with van der Waals surface area (Å²) < 4.78 is 0. The molecule has 16 heavy (non-hydrogen) atoms. The van der Waals surface area contributed by atoms with E-state index in [1.165, 1.54) is 0 Å². The molecule has 0 amide bonds. The topological polar surface area (TPSA) is 32.5 Å². The average Bonchev–Trinajstić information content (AvgIpc) is 2.13. The fourth-order valence-electron chi connectivity index (χ4n) is 1.72. The van der Waals surface area contributed by atoms with Crippen molar-refractivity contribution in [3.8, 4) is 0 Å². The number of nitrogens with two attached hydrogens (primary N) is 1. The first-order chi connectivity index (χ1) is 7.26. The van der Waals surface area contributed by atoms with Crippen LogP contribution in [-0.2, 0) is 0 Å². The molecule has 0 aromatic carbocycles. The molecule has 0 spiro atoms. The molecular weight excluding hydrogens is 198 g/mol. The molecule has 0 rings (SSSR count). The number of hydrogen-bond acceptors (Lipinski definition) is 3. The molecule has 3 heteroatoms. The van der Waals surface area contributed by atoms with E-state index in [1.54, 1.807) is 0 Å². The van der Waals surface area contributed by atoms with E-state index < -0.39 is 0 Å². The molecule has 0 aliphatic heterocycles. The lowest BCUT2D eigenvalue weighted by molar-refractivity contribution is 0.178. The van der Waals surface area contributed by atoms with Crippen molar-refractivity contribution in [2.75, 3.05) is 40.3 Å². The summed E-state index contributed by atoms with van der Waals surface area (Å²) in [6.45, 7) is 13.2. The molecule has 0 bridgehead atoms. The standard InChI is InChI=1S/C13H31N3/c1-7-13(4,14)11-16(10-12(2)3)9-8-15(5)6/h12H,7-11,14H2,1-6H3. The molecule has 0 aliphatic rings. The van der Waals surface area contributed by atoms with E-state index in [0.717, 1.165) is 32.6 Å². The van der Waals surface area contributed by atoms with Gasteiger partial charge in [0.15, 0.2) is 0 Å². The van der Waals surface area contributed by atoms with Gasteiger partial charge in [-0.15, -0.1) is 0 Å². The first-order valence-corrected chi connectivity index (χ1v) is 6.43. The monoisotopic (exact) mass is 229 g/mol. The van der Waals surface area contributed by atoms with Crippen LogP contribution in [0.25, 0.3) is 0 Å². The minimum Gasteiger partial charge on any atom is -0.324 e. The van der Waals surface area contributed by atoms with Crippen LogP contribution in [-0.4, -0.2) is 55.6 Å². The third-order valence-electron chi connectivity index (χ3n) is 2.88. The maximum atomic E-state index is 6.24. The van der Waals surface area contributed by atoms with Crippen molar-refractivity contribution in [3.05, 3.63) is 0 Å². The lowest BCUT2D eigenvalue weighted by Gasteiger charge is -2.33. The van der Waals surface area contributed by atoms with Crippen LogP contribution >= 0.6 is 0 Å². The zero-order chi connectivity index (χ0) is 12.8. The molecule has 2 N–H and O–H groups in total. The molecule has 0 fully saturated rings. The van der Waals surface area contributed by atoms with Crippen molar-refractivity contribution in [3.63, 3.8) is 0 Å². The van der Waals surface area contributed by atoms with E-state index in [1.807, 2.05) is 0 Å². The van der Waals surface area contributed by atoms with Gasteiger partial charge in [-0.25, -0.2) is 0 Å². The van der Waals surface area contributed by atoms with Crippen molar-refractivity contribution >= 4 is 0 Å². The average molecular weight is 229 g/mol.